The molecule has 2 rings (SSSR count). The summed E-state index contributed by atoms with van der Waals surface area (Å²) in [5.74, 6) is 0.439. The summed E-state index contributed by atoms with van der Waals surface area (Å²) in [7, 11) is 3.22. The van der Waals surface area contributed by atoms with Crippen molar-refractivity contribution in [2.75, 3.05) is 19.5 Å². The molecule has 16 heavy (non-hydrogen) atoms. The van der Waals surface area contributed by atoms with E-state index in [0.29, 0.717) is 16.3 Å². The second-order valence-corrected chi connectivity index (χ2v) is 3.53. The van der Waals surface area contributed by atoms with Gasteiger partial charge in [0.25, 0.3) is 0 Å². The number of nitrogens with one attached hydrogen (secondary N) is 2. The summed E-state index contributed by atoms with van der Waals surface area (Å²) in [5.41, 5.74) is 0. The number of aromatic amines is 1. The predicted octanol–water partition coefficient (Wildman–Crippen LogP) is 0.191. The SMILES string of the molecule is CNc1nc(OC)nc(Sc2ncn[nH]2)n1. The van der Waals surface area contributed by atoms with Gasteiger partial charge in [0, 0.05) is 7.05 Å². The van der Waals surface area contributed by atoms with Gasteiger partial charge in [0.2, 0.25) is 11.1 Å². The highest BCUT2D eigenvalue weighted by atomic mass is 32.2. The molecule has 0 saturated carbocycles. The van der Waals surface area contributed by atoms with E-state index in [1.54, 1.807) is 7.05 Å². The van der Waals surface area contributed by atoms with Crippen LogP contribution in [0, 0.1) is 0 Å². The Morgan fingerprint density at radius 3 is 2.88 bits per heavy atom. The van der Waals surface area contributed by atoms with Gasteiger partial charge in [-0.1, -0.05) is 0 Å². The van der Waals surface area contributed by atoms with E-state index in [1.165, 1.54) is 25.2 Å². The fourth-order valence-corrected chi connectivity index (χ4v) is 1.54. The van der Waals surface area contributed by atoms with E-state index in [1.807, 2.05) is 0 Å². The molecule has 8 nitrogen and oxygen atoms in total. The number of rotatable bonds is 4. The number of anilines is 1. The molecule has 0 aliphatic carbocycles. The molecule has 2 N–H and O–H groups in total. The van der Waals surface area contributed by atoms with Crippen molar-refractivity contribution >= 4 is 17.7 Å². The van der Waals surface area contributed by atoms with Gasteiger partial charge in [-0.2, -0.15) is 20.1 Å². The second-order valence-electron chi connectivity index (χ2n) is 2.57. The second kappa shape index (κ2) is 4.75. The maximum atomic E-state index is 4.95. The van der Waals surface area contributed by atoms with Crippen molar-refractivity contribution in [1.29, 1.82) is 0 Å². The van der Waals surface area contributed by atoms with Crippen LogP contribution in [0.25, 0.3) is 0 Å². The van der Waals surface area contributed by atoms with E-state index in [0.717, 1.165) is 0 Å². The van der Waals surface area contributed by atoms with Gasteiger partial charge in [0.1, 0.15) is 6.33 Å². The average molecular weight is 239 g/mol. The highest BCUT2D eigenvalue weighted by Gasteiger charge is 2.08. The van der Waals surface area contributed by atoms with Crippen molar-refractivity contribution < 1.29 is 4.74 Å². The molecule has 0 amide bonds. The molecule has 0 fully saturated rings. The molecule has 84 valence electrons. The molecule has 2 aromatic rings. The highest BCUT2D eigenvalue weighted by molar-refractivity contribution is 7.99. The molecule has 0 aromatic carbocycles. The first-order valence-electron chi connectivity index (χ1n) is 4.33. The minimum atomic E-state index is 0.251. The van der Waals surface area contributed by atoms with Crippen molar-refractivity contribution in [3.05, 3.63) is 6.33 Å². The first kappa shape index (κ1) is 10.6. The Bertz CT molecular complexity index is 438. The van der Waals surface area contributed by atoms with Crippen molar-refractivity contribution in [2.24, 2.45) is 0 Å². The smallest absolute Gasteiger partial charge is 0.321 e. The summed E-state index contributed by atoms with van der Waals surface area (Å²) >= 11 is 1.24. The molecular weight excluding hydrogens is 230 g/mol. The zero-order valence-corrected chi connectivity index (χ0v) is 9.45. The zero-order valence-electron chi connectivity index (χ0n) is 8.63. The van der Waals surface area contributed by atoms with Gasteiger partial charge in [-0.15, -0.1) is 0 Å². The first-order chi connectivity index (χ1) is 7.81. The van der Waals surface area contributed by atoms with E-state index in [9.17, 15) is 0 Å². The maximum Gasteiger partial charge on any atom is 0.321 e. The molecule has 0 atom stereocenters. The number of hydrogen-bond acceptors (Lipinski definition) is 8. The molecule has 0 spiro atoms. The Balaban J connectivity index is 2.26. The van der Waals surface area contributed by atoms with Crippen LogP contribution >= 0.6 is 11.8 Å². The number of nitrogens with zero attached hydrogens (tertiary/aromatic N) is 5. The summed E-state index contributed by atoms with van der Waals surface area (Å²) in [6.45, 7) is 0. The molecule has 0 aliphatic rings. The van der Waals surface area contributed by atoms with Crippen LogP contribution in [-0.2, 0) is 0 Å². The van der Waals surface area contributed by atoms with Crippen LogP contribution in [-0.4, -0.2) is 44.3 Å². The third kappa shape index (κ3) is 2.37. The van der Waals surface area contributed by atoms with Crippen LogP contribution in [0.5, 0.6) is 6.01 Å². The van der Waals surface area contributed by atoms with Gasteiger partial charge in [0.15, 0.2) is 5.16 Å². The summed E-state index contributed by atoms with van der Waals surface area (Å²) in [5, 5.41) is 10.3. The number of aromatic nitrogens is 6. The lowest BCUT2D eigenvalue weighted by Gasteiger charge is -2.03. The number of hydrogen-bond donors (Lipinski definition) is 2. The van der Waals surface area contributed by atoms with E-state index in [2.05, 4.69) is 35.5 Å². The first-order valence-corrected chi connectivity index (χ1v) is 5.14. The largest absolute Gasteiger partial charge is 0.467 e. The lowest BCUT2D eigenvalue weighted by atomic mass is 10.9. The standard InChI is InChI=1S/C7H9N7OS/c1-8-4-11-5(15-2)13-7(12-4)16-6-9-3-10-14-6/h3H,1-2H3,(H,9,10,14)(H,8,11,12,13). The van der Waals surface area contributed by atoms with Crippen LogP contribution in [0.15, 0.2) is 16.6 Å². The van der Waals surface area contributed by atoms with E-state index in [-0.39, 0.29) is 6.01 Å². The number of methoxy groups -OCH3 is 1. The normalized spacial score (nSPS) is 10.1. The molecule has 2 aromatic heterocycles. The highest BCUT2D eigenvalue weighted by Crippen LogP contribution is 2.22. The Kier molecular flexibility index (Phi) is 3.15. The average Bonchev–Trinajstić information content (AvgIpc) is 2.81. The van der Waals surface area contributed by atoms with E-state index < -0.39 is 0 Å². The third-order valence-corrected chi connectivity index (χ3v) is 2.34. The molecule has 0 radical (unpaired) electrons. The monoisotopic (exact) mass is 239 g/mol. The molecular formula is C7H9N7OS. The summed E-state index contributed by atoms with van der Waals surface area (Å²) in [6, 6.07) is 0.251. The van der Waals surface area contributed by atoms with Crippen LogP contribution in [0.4, 0.5) is 5.95 Å². The quantitative estimate of drug-likeness (QED) is 0.779. The summed E-state index contributed by atoms with van der Waals surface area (Å²) in [4.78, 5) is 16.1. The predicted molar refractivity (Wildman–Crippen MR) is 56.4 cm³/mol. The summed E-state index contributed by atoms with van der Waals surface area (Å²) < 4.78 is 4.95. The van der Waals surface area contributed by atoms with E-state index in [4.69, 9.17) is 4.74 Å². The number of ether oxygens (including phenoxy) is 1. The summed E-state index contributed by atoms with van der Waals surface area (Å²) in [6.07, 6.45) is 1.42. The Morgan fingerprint density at radius 2 is 2.25 bits per heavy atom. The van der Waals surface area contributed by atoms with Gasteiger partial charge in [-0.25, -0.2) is 4.98 Å². The molecule has 0 saturated heterocycles. The number of H-pyrrole nitrogens is 1. The molecule has 9 heteroatoms. The van der Waals surface area contributed by atoms with Crippen LogP contribution in [0.2, 0.25) is 0 Å². The Morgan fingerprint density at radius 1 is 1.38 bits per heavy atom. The van der Waals surface area contributed by atoms with Crippen molar-refractivity contribution in [3.8, 4) is 6.01 Å². The van der Waals surface area contributed by atoms with Gasteiger partial charge in [-0.3, -0.25) is 5.10 Å². The topological polar surface area (TPSA) is 102 Å². The maximum absolute atomic E-state index is 4.95. The minimum absolute atomic E-state index is 0.251. The van der Waals surface area contributed by atoms with Crippen LogP contribution in [0.1, 0.15) is 0 Å². The molecule has 0 bridgehead atoms. The van der Waals surface area contributed by atoms with Crippen molar-refractivity contribution in [1.82, 2.24) is 30.1 Å². The van der Waals surface area contributed by atoms with Crippen LogP contribution in [0.3, 0.4) is 0 Å². The Labute approximate surface area is 95.3 Å². The lowest BCUT2D eigenvalue weighted by molar-refractivity contribution is 0.374. The molecule has 2 heterocycles. The lowest BCUT2D eigenvalue weighted by Crippen LogP contribution is -2.02. The van der Waals surface area contributed by atoms with E-state index >= 15 is 0 Å². The molecule has 0 aliphatic heterocycles. The van der Waals surface area contributed by atoms with Gasteiger partial charge < -0.3 is 10.1 Å². The van der Waals surface area contributed by atoms with Gasteiger partial charge in [0.05, 0.1) is 7.11 Å². The fraction of sp³-hybridized carbons (Fsp3) is 0.286. The minimum Gasteiger partial charge on any atom is -0.467 e. The molecule has 0 unspecified atom stereocenters. The van der Waals surface area contributed by atoms with Gasteiger partial charge >= 0.3 is 6.01 Å². The van der Waals surface area contributed by atoms with Crippen molar-refractivity contribution in [3.63, 3.8) is 0 Å². The van der Waals surface area contributed by atoms with Gasteiger partial charge in [-0.05, 0) is 11.8 Å². The fourth-order valence-electron chi connectivity index (χ4n) is 0.917. The van der Waals surface area contributed by atoms with Crippen LogP contribution < -0.4 is 10.1 Å². The Hall–Kier alpha value is -1.90. The zero-order chi connectivity index (χ0) is 11.4. The third-order valence-electron chi connectivity index (χ3n) is 1.58. The van der Waals surface area contributed by atoms with Crippen molar-refractivity contribution in [2.45, 2.75) is 10.3 Å².